The Kier molecular flexibility index (Phi) is 5.41. The number of benzene rings is 1. The molecule has 0 aliphatic heterocycles. The third-order valence-electron chi connectivity index (χ3n) is 3.56. The van der Waals surface area contributed by atoms with Crippen LogP contribution in [0.4, 0.5) is 5.00 Å². The molecule has 0 saturated heterocycles. The largest absolute Gasteiger partial charge is 0.497 e. The SMILES string of the molecule is COc1cc(C)c(/C=C/C(=O)Nc2sc(C)cc2C(N)=O)c(C)c1. The number of thiophene rings is 1. The zero-order valence-electron chi connectivity index (χ0n) is 14.1. The number of anilines is 1. The van der Waals surface area contributed by atoms with Crippen molar-refractivity contribution in [3.8, 4) is 5.75 Å². The molecule has 2 aromatic rings. The summed E-state index contributed by atoms with van der Waals surface area (Å²) in [5, 5.41) is 3.18. The molecule has 0 spiro atoms. The highest BCUT2D eigenvalue weighted by molar-refractivity contribution is 7.16. The van der Waals surface area contributed by atoms with Gasteiger partial charge in [0, 0.05) is 11.0 Å². The van der Waals surface area contributed by atoms with Crippen LogP contribution < -0.4 is 15.8 Å². The number of methoxy groups -OCH3 is 1. The smallest absolute Gasteiger partial charge is 0.251 e. The number of carbonyl (C=O) groups excluding carboxylic acids is 2. The summed E-state index contributed by atoms with van der Waals surface area (Å²) in [4.78, 5) is 24.4. The number of nitrogens with one attached hydrogen (secondary N) is 1. The minimum absolute atomic E-state index is 0.311. The van der Waals surface area contributed by atoms with E-state index in [0.29, 0.717) is 10.6 Å². The van der Waals surface area contributed by atoms with Crippen LogP contribution in [0.15, 0.2) is 24.3 Å². The Labute approximate surface area is 145 Å². The molecule has 1 aromatic heterocycles. The van der Waals surface area contributed by atoms with E-state index in [0.717, 1.165) is 27.3 Å². The number of hydrogen-bond donors (Lipinski definition) is 2. The number of ether oxygens (including phenoxy) is 1. The minimum atomic E-state index is -0.555. The summed E-state index contributed by atoms with van der Waals surface area (Å²) in [5.74, 6) is -0.0822. The molecule has 1 heterocycles. The quantitative estimate of drug-likeness (QED) is 0.815. The first-order chi connectivity index (χ1) is 11.3. The molecule has 0 radical (unpaired) electrons. The Morgan fingerprint density at radius 3 is 2.33 bits per heavy atom. The molecule has 24 heavy (non-hydrogen) atoms. The van der Waals surface area contributed by atoms with Gasteiger partial charge in [-0.25, -0.2) is 0 Å². The lowest BCUT2D eigenvalue weighted by molar-refractivity contribution is -0.111. The van der Waals surface area contributed by atoms with Gasteiger partial charge < -0.3 is 15.8 Å². The molecule has 3 N–H and O–H groups in total. The molecule has 126 valence electrons. The zero-order chi connectivity index (χ0) is 17.9. The van der Waals surface area contributed by atoms with E-state index in [1.165, 1.54) is 17.4 Å². The third-order valence-corrected chi connectivity index (χ3v) is 4.53. The van der Waals surface area contributed by atoms with Crippen LogP contribution >= 0.6 is 11.3 Å². The normalized spacial score (nSPS) is 10.8. The van der Waals surface area contributed by atoms with Crippen LogP contribution in [0.1, 0.15) is 31.9 Å². The topological polar surface area (TPSA) is 81.4 Å². The molecule has 0 fully saturated rings. The van der Waals surface area contributed by atoms with Gasteiger partial charge in [-0.3, -0.25) is 9.59 Å². The maximum absolute atomic E-state index is 12.1. The number of amides is 2. The fraction of sp³-hybridized carbons (Fsp3) is 0.222. The lowest BCUT2D eigenvalue weighted by Crippen LogP contribution is -2.14. The van der Waals surface area contributed by atoms with E-state index in [1.54, 1.807) is 19.3 Å². The Balaban J connectivity index is 2.19. The van der Waals surface area contributed by atoms with E-state index < -0.39 is 5.91 Å². The molecule has 6 heteroatoms. The Morgan fingerprint density at radius 2 is 1.79 bits per heavy atom. The van der Waals surface area contributed by atoms with Gasteiger partial charge in [-0.1, -0.05) is 0 Å². The summed E-state index contributed by atoms with van der Waals surface area (Å²) in [6.07, 6.45) is 3.20. The van der Waals surface area contributed by atoms with Crippen molar-refractivity contribution in [3.63, 3.8) is 0 Å². The first-order valence-electron chi connectivity index (χ1n) is 7.36. The molecular formula is C18H20N2O3S. The third kappa shape index (κ3) is 4.02. The van der Waals surface area contributed by atoms with Crippen molar-refractivity contribution in [2.24, 2.45) is 5.73 Å². The first-order valence-corrected chi connectivity index (χ1v) is 8.18. The highest BCUT2D eigenvalue weighted by atomic mass is 32.1. The van der Waals surface area contributed by atoms with Crippen LogP contribution in [-0.4, -0.2) is 18.9 Å². The average molecular weight is 344 g/mol. The Bertz CT molecular complexity index is 799. The fourth-order valence-electron chi connectivity index (χ4n) is 2.42. The van der Waals surface area contributed by atoms with Crippen LogP contribution in [0, 0.1) is 20.8 Å². The second-order valence-corrected chi connectivity index (χ2v) is 6.72. The van der Waals surface area contributed by atoms with Crippen LogP contribution in [-0.2, 0) is 4.79 Å². The fourth-order valence-corrected chi connectivity index (χ4v) is 3.34. The molecule has 2 amide bonds. The van der Waals surface area contributed by atoms with E-state index in [2.05, 4.69) is 5.32 Å². The summed E-state index contributed by atoms with van der Waals surface area (Å²) in [6, 6.07) is 5.50. The summed E-state index contributed by atoms with van der Waals surface area (Å²) in [6.45, 7) is 5.77. The van der Waals surface area contributed by atoms with Gasteiger partial charge in [0.05, 0.1) is 12.7 Å². The van der Waals surface area contributed by atoms with Crippen molar-refractivity contribution in [2.75, 3.05) is 12.4 Å². The maximum atomic E-state index is 12.1. The van der Waals surface area contributed by atoms with Crippen molar-refractivity contribution in [1.82, 2.24) is 0 Å². The van der Waals surface area contributed by atoms with E-state index in [9.17, 15) is 9.59 Å². The summed E-state index contributed by atoms with van der Waals surface area (Å²) in [7, 11) is 1.62. The number of hydrogen-bond acceptors (Lipinski definition) is 4. The Hall–Kier alpha value is -2.60. The van der Waals surface area contributed by atoms with Crippen molar-refractivity contribution in [2.45, 2.75) is 20.8 Å². The standard InChI is InChI=1S/C18H20N2O3S/c1-10-7-13(23-4)8-11(2)14(10)5-6-16(21)20-18-15(17(19)22)9-12(3)24-18/h5-9H,1-4H3,(H2,19,22)(H,20,21)/b6-5+. The number of aryl methyl sites for hydroxylation is 3. The number of rotatable bonds is 5. The van der Waals surface area contributed by atoms with Crippen molar-refractivity contribution < 1.29 is 14.3 Å². The highest BCUT2D eigenvalue weighted by Crippen LogP contribution is 2.27. The van der Waals surface area contributed by atoms with Crippen molar-refractivity contribution in [3.05, 3.63) is 51.4 Å². The second kappa shape index (κ2) is 7.31. The van der Waals surface area contributed by atoms with Crippen LogP contribution in [0.2, 0.25) is 0 Å². The molecule has 0 aliphatic carbocycles. The molecule has 1 aromatic carbocycles. The second-order valence-electron chi connectivity index (χ2n) is 5.46. The lowest BCUT2D eigenvalue weighted by Gasteiger charge is -2.08. The first kappa shape index (κ1) is 17.7. The predicted octanol–water partition coefficient (Wildman–Crippen LogP) is 3.43. The van der Waals surface area contributed by atoms with Crippen molar-refractivity contribution in [1.29, 1.82) is 0 Å². The van der Waals surface area contributed by atoms with Gasteiger partial charge in [0.25, 0.3) is 5.91 Å². The summed E-state index contributed by atoms with van der Waals surface area (Å²) < 4.78 is 5.23. The predicted molar refractivity (Wildman–Crippen MR) is 97.7 cm³/mol. The molecule has 2 rings (SSSR count). The summed E-state index contributed by atoms with van der Waals surface area (Å²) >= 11 is 1.32. The molecule has 0 aliphatic rings. The number of primary amides is 1. The molecule has 0 unspecified atom stereocenters. The maximum Gasteiger partial charge on any atom is 0.251 e. The van der Waals surface area contributed by atoms with E-state index >= 15 is 0 Å². The van der Waals surface area contributed by atoms with Crippen LogP contribution in [0.5, 0.6) is 5.75 Å². The van der Waals surface area contributed by atoms with Gasteiger partial charge >= 0.3 is 0 Å². The van der Waals surface area contributed by atoms with Gasteiger partial charge in [0.2, 0.25) is 5.91 Å². The highest BCUT2D eigenvalue weighted by Gasteiger charge is 2.13. The van der Waals surface area contributed by atoms with Crippen LogP contribution in [0.3, 0.4) is 0 Å². The van der Waals surface area contributed by atoms with E-state index in [1.807, 2.05) is 32.9 Å². The van der Waals surface area contributed by atoms with Gasteiger partial charge in [-0.05, 0) is 61.7 Å². The van der Waals surface area contributed by atoms with Gasteiger partial charge in [0.1, 0.15) is 10.8 Å². The molecular weight excluding hydrogens is 324 g/mol. The monoisotopic (exact) mass is 344 g/mol. The number of nitrogens with two attached hydrogens (primary N) is 1. The van der Waals surface area contributed by atoms with Gasteiger partial charge in [0.15, 0.2) is 0 Å². The van der Waals surface area contributed by atoms with Crippen LogP contribution in [0.25, 0.3) is 6.08 Å². The summed E-state index contributed by atoms with van der Waals surface area (Å²) in [5.41, 5.74) is 8.64. The zero-order valence-corrected chi connectivity index (χ0v) is 14.9. The van der Waals surface area contributed by atoms with E-state index in [-0.39, 0.29) is 5.91 Å². The molecule has 0 saturated carbocycles. The minimum Gasteiger partial charge on any atom is -0.497 e. The lowest BCUT2D eigenvalue weighted by atomic mass is 10.0. The van der Waals surface area contributed by atoms with E-state index in [4.69, 9.17) is 10.5 Å². The Morgan fingerprint density at radius 1 is 1.17 bits per heavy atom. The van der Waals surface area contributed by atoms with Gasteiger partial charge in [-0.15, -0.1) is 11.3 Å². The average Bonchev–Trinajstić information content (AvgIpc) is 2.86. The number of carbonyl (C=O) groups is 2. The molecule has 0 atom stereocenters. The van der Waals surface area contributed by atoms with Crippen molar-refractivity contribution >= 4 is 34.2 Å². The molecule has 0 bridgehead atoms. The van der Waals surface area contributed by atoms with Gasteiger partial charge in [-0.2, -0.15) is 0 Å². The molecule has 5 nitrogen and oxygen atoms in total.